The molecule has 0 heterocycles. The van der Waals surface area contributed by atoms with E-state index < -0.39 is 11.8 Å². The number of carbonyl (C=O) groups excluding carboxylic acids is 1. The topological polar surface area (TPSA) is 52.6 Å². The Hall–Kier alpha value is -1.05. The van der Waals surface area contributed by atoms with Crippen molar-refractivity contribution >= 4 is 35.1 Å². The molecule has 2 amide bonds. The van der Waals surface area contributed by atoms with Gasteiger partial charge in [-0.2, -0.15) is 8.78 Å². The number of carbonyl (C=O) groups is 1. The summed E-state index contributed by atoms with van der Waals surface area (Å²) in [5.41, 5.74) is 0.215. The lowest BCUT2D eigenvalue weighted by Gasteiger charge is -2.18. The van der Waals surface area contributed by atoms with Gasteiger partial charge in [-0.15, -0.1) is 0 Å². The van der Waals surface area contributed by atoms with Gasteiger partial charge in [-0.05, 0) is 12.1 Å². The van der Waals surface area contributed by atoms with Crippen LogP contribution in [0.2, 0.25) is 5.02 Å². The summed E-state index contributed by atoms with van der Waals surface area (Å²) in [6.45, 7) is -0.0399. The predicted octanol–water partition coefficient (Wildman–Crippen LogP) is 3.11. The van der Waals surface area contributed by atoms with Gasteiger partial charge in [0.2, 0.25) is 0 Å². The van der Waals surface area contributed by atoms with E-state index in [9.17, 15) is 13.6 Å². The number of benzene rings is 1. The molecule has 4 nitrogen and oxygen atoms in total. The van der Waals surface area contributed by atoms with Crippen molar-refractivity contribution in [3.63, 3.8) is 0 Å². The second kappa shape index (κ2) is 7.52. The van der Waals surface area contributed by atoms with Crippen LogP contribution >= 0.6 is 23.4 Å². The zero-order valence-corrected chi connectivity index (χ0v) is 11.6. The minimum absolute atomic E-state index is 0.116. The quantitative estimate of drug-likeness (QED) is 0.822. The first-order chi connectivity index (χ1) is 8.95. The van der Waals surface area contributed by atoms with Crippen LogP contribution in [-0.4, -0.2) is 42.0 Å². The number of likely N-dealkylation sites (N-methyl/N-ethyl adjacent to an activating group) is 1. The molecule has 0 radical (unpaired) electrons. The van der Waals surface area contributed by atoms with Crippen LogP contribution in [0, 0.1) is 0 Å². The van der Waals surface area contributed by atoms with Gasteiger partial charge >= 0.3 is 6.03 Å². The Kier molecular flexibility index (Phi) is 6.33. The molecule has 0 saturated heterocycles. The van der Waals surface area contributed by atoms with Gasteiger partial charge in [-0.25, -0.2) is 4.79 Å². The molecule has 0 unspecified atom stereocenters. The van der Waals surface area contributed by atoms with Crippen LogP contribution in [0.5, 0.6) is 0 Å². The Bertz CT molecular complexity index is 449. The Balaban J connectivity index is 2.88. The minimum atomic E-state index is -2.63. The molecule has 0 fully saturated rings. The summed E-state index contributed by atoms with van der Waals surface area (Å²) in [7, 11) is 1.48. The van der Waals surface area contributed by atoms with E-state index in [2.05, 4.69) is 5.32 Å². The third-order valence-corrected chi connectivity index (χ3v) is 3.48. The van der Waals surface area contributed by atoms with Crippen LogP contribution in [0.25, 0.3) is 0 Å². The number of hydrogen-bond donors (Lipinski definition) is 2. The number of aliphatic hydroxyl groups is 1. The predicted molar refractivity (Wildman–Crippen MR) is 72.0 cm³/mol. The second-order valence-electron chi connectivity index (χ2n) is 3.57. The highest BCUT2D eigenvalue weighted by Gasteiger charge is 2.16. The number of rotatable bonds is 5. The van der Waals surface area contributed by atoms with Gasteiger partial charge in [0.25, 0.3) is 5.76 Å². The number of alkyl halides is 2. The SMILES string of the molecule is CN(CCO)C(=O)Nc1cccc(Cl)c1SC(F)F. The van der Waals surface area contributed by atoms with E-state index in [0.717, 1.165) is 0 Å². The number of thioether (sulfide) groups is 1. The lowest BCUT2D eigenvalue weighted by Crippen LogP contribution is -2.33. The Morgan fingerprint density at radius 2 is 2.26 bits per heavy atom. The van der Waals surface area contributed by atoms with E-state index >= 15 is 0 Å². The van der Waals surface area contributed by atoms with E-state index in [0.29, 0.717) is 0 Å². The molecule has 0 aliphatic carbocycles. The molecular weight excluding hydrogens is 298 g/mol. The van der Waals surface area contributed by atoms with E-state index in [1.165, 1.54) is 24.1 Å². The molecule has 0 aromatic heterocycles. The summed E-state index contributed by atoms with van der Waals surface area (Å²) < 4.78 is 24.9. The maximum atomic E-state index is 12.4. The van der Waals surface area contributed by atoms with Crippen LogP contribution in [0.4, 0.5) is 19.3 Å². The standard InChI is InChI=1S/C11H13ClF2N2O2S/c1-16(5-6-17)11(18)15-8-4-2-3-7(12)9(8)19-10(13)14/h2-4,10,17H,5-6H2,1H3,(H,15,18). The molecule has 0 aliphatic rings. The number of nitrogens with one attached hydrogen (secondary N) is 1. The molecular formula is C11H13ClF2N2O2S. The van der Waals surface area contributed by atoms with Crippen molar-refractivity contribution in [1.29, 1.82) is 0 Å². The van der Waals surface area contributed by atoms with E-state index in [-0.39, 0.29) is 40.5 Å². The van der Waals surface area contributed by atoms with Crippen LogP contribution in [-0.2, 0) is 0 Å². The van der Waals surface area contributed by atoms with Crippen molar-refractivity contribution in [1.82, 2.24) is 4.90 Å². The van der Waals surface area contributed by atoms with Crippen molar-refractivity contribution in [2.45, 2.75) is 10.7 Å². The lowest BCUT2D eigenvalue weighted by atomic mass is 10.3. The molecule has 1 aromatic rings. The fraction of sp³-hybridized carbons (Fsp3) is 0.364. The Morgan fingerprint density at radius 1 is 1.58 bits per heavy atom. The first-order valence-electron chi connectivity index (χ1n) is 5.32. The normalized spacial score (nSPS) is 10.6. The molecule has 2 N–H and O–H groups in total. The van der Waals surface area contributed by atoms with E-state index in [1.807, 2.05) is 0 Å². The number of anilines is 1. The fourth-order valence-electron chi connectivity index (χ4n) is 1.28. The van der Waals surface area contributed by atoms with Gasteiger partial charge in [-0.1, -0.05) is 29.4 Å². The van der Waals surface area contributed by atoms with Gasteiger partial charge in [0.05, 0.1) is 22.2 Å². The highest BCUT2D eigenvalue weighted by molar-refractivity contribution is 7.99. The van der Waals surface area contributed by atoms with Crippen molar-refractivity contribution in [3.8, 4) is 0 Å². The first kappa shape index (κ1) is 16.0. The molecule has 0 atom stereocenters. The van der Waals surface area contributed by atoms with E-state index in [4.69, 9.17) is 16.7 Å². The van der Waals surface area contributed by atoms with Gasteiger partial charge in [0.15, 0.2) is 0 Å². The minimum Gasteiger partial charge on any atom is -0.395 e. The molecule has 1 rings (SSSR count). The number of urea groups is 1. The van der Waals surface area contributed by atoms with Gasteiger partial charge in [0, 0.05) is 13.6 Å². The number of amides is 2. The van der Waals surface area contributed by atoms with E-state index in [1.54, 1.807) is 6.07 Å². The molecule has 0 aliphatic heterocycles. The molecule has 0 bridgehead atoms. The van der Waals surface area contributed by atoms with Crippen molar-refractivity contribution in [3.05, 3.63) is 23.2 Å². The maximum Gasteiger partial charge on any atom is 0.321 e. The largest absolute Gasteiger partial charge is 0.395 e. The van der Waals surface area contributed by atoms with Crippen molar-refractivity contribution in [2.75, 3.05) is 25.5 Å². The molecule has 0 spiro atoms. The Labute approximate surface area is 118 Å². The van der Waals surface area contributed by atoms with Crippen molar-refractivity contribution in [2.24, 2.45) is 0 Å². The van der Waals surface area contributed by atoms with Crippen LogP contribution in [0.1, 0.15) is 0 Å². The molecule has 1 aromatic carbocycles. The molecule has 19 heavy (non-hydrogen) atoms. The van der Waals surface area contributed by atoms with Crippen LogP contribution in [0.3, 0.4) is 0 Å². The third-order valence-electron chi connectivity index (χ3n) is 2.20. The summed E-state index contributed by atoms with van der Waals surface area (Å²) in [6, 6.07) is 4.01. The number of hydrogen-bond acceptors (Lipinski definition) is 3. The summed E-state index contributed by atoms with van der Waals surface area (Å²) in [4.78, 5) is 13.1. The van der Waals surface area contributed by atoms with Gasteiger partial charge < -0.3 is 15.3 Å². The summed E-state index contributed by atoms with van der Waals surface area (Å²) in [5, 5.41) is 11.3. The number of nitrogens with zero attached hydrogens (tertiary/aromatic N) is 1. The highest BCUT2D eigenvalue weighted by Crippen LogP contribution is 2.37. The monoisotopic (exact) mass is 310 g/mol. The Morgan fingerprint density at radius 3 is 2.84 bits per heavy atom. The number of halogens is 3. The van der Waals surface area contributed by atoms with Crippen LogP contribution in [0.15, 0.2) is 23.1 Å². The third kappa shape index (κ3) is 4.85. The maximum absolute atomic E-state index is 12.4. The second-order valence-corrected chi connectivity index (χ2v) is 4.98. The number of aliphatic hydroxyl groups excluding tert-OH is 1. The fourth-order valence-corrected chi connectivity index (χ4v) is 2.19. The lowest BCUT2D eigenvalue weighted by molar-refractivity contribution is 0.202. The summed E-state index contributed by atoms with van der Waals surface area (Å²) in [5.74, 6) is -2.63. The van der Waals surface area contributed by atoms with Gasteiger partial charge in [0.1, 0.15) is 0 Å². The summed E-state index contributed by atoms with van der Waals surface area (Å²) in [6.07, 6.45) is 0. The smallest absolute Gasteiger partial charge is 0.321 e. The highest BCUT2D eigenvalue weighted by atomic mass is 35.5. The van der Waals surface area contributed by atoms with Crippen LogP contribution < -0.4 is 5.32 Å². The molecule has 8 heteroatoms. The van der Waals surface area contributed by atoms with Crippen molar-refractivity contribution < 1.29 is 18.7 Å². The zero-order valence-electron chi connectivity index (χ0n) is 10.1. The average molecular weight is 311 g/mol. The summed E-state index contributed by atoms with van der Waals surface area (Å²) >= 11 is 6.11. The average Bonchev–Trinajstić information content (AvgIpc) is 2.33. The first-order valence-corrected chi connectivity index (χ1v) is 6.57. The molecule has 0 saturated carbocycles. The van der Waals surface area contributed by atoms with Gasteiger partial charge in [-0.3, -0.25) is 0 Å². The zero-order chi connectivity index (χ0) is 14.4. The molecule has 106 valence electrons.